The summed E-state index contributed by atoms with van der Waals surface area (Å²) in [6.45, 7) is 7.27. The summed E-state index contributed by atoms with van der Waals surface area (Å²) in [6.07, 6.45) is -0.954. The number of carbonyl (C=O) groups is 1. The molecule has 1 aliphatic heterocycles. The summed E-state index contributed by atoms with van der Waals surface area (Å²) in [5.74, 6) is -0.884. The fourth-order valence-corrected chi connectivity index (χ4v) is 2.64. The molecule has 0 aromatic rings. The number of aliphatic hydroxyl groups is 1. The van der Waals surface area contributed by atoms with Crippen LogP contribution in [0.3, 0.4) is 0 Å². The molecule has 0 amide bonds. The molecule has 2 rings (SSSR count). The predicted molar refractivity (Wildman–Crippen MR) is 53.2 cm³/mol. The Hall–Kier alpha value is -0.450. The molecule has 4 nitrogen and oxygen atoms in total. The number of Topliss-reactive ketones (excluding diaryl/α,β-unsaturated/α-hetero) is 1. The summed E-state index contributed by atoms with van der Waals surface area (Å²) < 4.78 is 11.5. The second-order valence-electron chi connectivity index (χ2n) is 5.20. The first-order valence-electron chi connectivity index (χ1n) is 5.35. The molecule has 1 N–H and O–H groups in total. The summed E-state index contributed by atoms with van der Waals surface area (Å²) in [5, 5.41) is 9.93. The number of hydrogen-bond donors (Lipinski definition) is 1. The van der Waals surface area contributed by atoms with E-state index in [4.69, 9.17) is 9.47 Å². The molecule has 1 heterocycles. The standard InChI is InChI=1S/C11H18O4/c1-6-7(12)5-8(13)11(4)9(6)14-10(2,3)15-11/h6,8-9,13H,5H2,1-4H3/t6-,8-,9+,11-/m1/s1. The highest BCUT2D eigenvalue weighted by Crippen LogP contribution is 2.45. The van der Waals surface area contributed by atoms with E-state index < -0.39 is 17.5 Å². The molecule has 0 unspecified atom stereocenters. The predicted octanol–water partition coefficient (Wildman–Crippen LogP) is 0.866. The lowest BCUT2D eigenvalue weighted by molar-refractivity contribution is -0.180. The fourth-order valence-electron chi connectivity index (χ4n) is 2.64. The second-order valence-corrected chi connectivity index (χ2v) is 5.20. The van der Waals surface area contributed by atoms with Crippen molar-refractivity contribution in [1.82, 2.24) is 0 Å². The van der Waals surface area contributed by atoms with Gasteiger partial charge in [0.05, 0.1) is 6.10 Å². The highest BCUT2D eigenvalue weighted by molar-refractivity contribution is 5.83. The van der Waals surface area contributed by atoms with E-state index in [1.165, 1.54) is 0 Å². The summed E-state index contributed by atoms with van der Waals surface area (Å²) in [4.78, 5) is 11.6. The van der Waals surface area contributed by atoms with E-state index in [-0.39, 0.29) is 24.2 Å². The molecule has 4 atom stereocenters. The molecule has 86 valence electrons. The molecule has 0 bridgehead atoms. The Bertz CT molecular complexity index is 299. The number of ether oxygens (including phenoxy) is 2. The number of fused-ring (bicyclic) bond motifs is 1. The molecule has 1 saturated heterocycles. The Morgan fingerprint density at radius 2 is 2.00 bits per heavy atom. The lowest BCUT2D eigenvalue weighted by Crippen LogP contribution is -2.57. The molecule has 2 fully saturated rings. The maximum Gasteiger partial charge on any atom is 0.164 e. The lowest BCUT2D eigenvalue weighted by atomic mass is 9.74. The van der Waals surface area contributed by atoms with Crippen LogP contribution >= 0.6 is 0 Å². The first-order chi connectivity index (χ1) is 6.76. The molecule has 1 saturated carbocycles. The van der Waals surface area contributed by atoms with Crippen molar-refractivity contribution in [2.24, 2.45) is 5.92 Å². The number of aliphatic hydroxyl groups excluding tert-OH is 1. The molecule has 4 heteroatoms. The molecular formula is C11H18O4. The third kappa shape index (κ3) is 1.51. The highest BCUT2D eigenvalue weighted by Gasteiger charge is 2.60. The van der Waals surface area contributed by atoms with Gasteiger partial charge >= 0.3 is 0 Å². The molecule has 15 heavy (non-hydrogen) atoms. The quantitative estimate of drug-likeness (QED) is 0.650. The molecule has 2 aliphatic rings. The normalized spacial score (nSPS) is 49.1. The van der Waals surface area contributed by atoms with Crippen molar-refractivity contribution in [1.29, 1.82) is 0 Å². The third-order valence-electron chi connectivity index (χ3n) is 3.46. The fraction of sp³-hybridized carbons (Fsp3) is 0.909. The lowest BCUT2D eigenvalue weighted by Gasteiger charge is -2.40. The monoisotopic (exact) mass is 214 g/mol. The topological polar surface area (TPSA) is 55.8 Å². The number of ketones is 1. The number of hydrogen-bond acceptors (Lipinski definition) is 4. The summed E-state index contributed by atoms with van der Waals surface area (Å²) in [5.41, 5.74) is -0.753. The van der Waals surface area contributed by atoms with Crippen LogP contribution in [-0.2, 0) is 14.3 Å². The minimum Gasteiger partial charge on any atom is -0.390 e. The first kappa shape index (κ1) is 11.0. The maximum atomic E-state index is 11.6. The Kier molecular flexibility index (Phi) is 2.23. The Morgan fingerprint density at radius 1 is 1.40 bits per heavy atom. The Morgan fingerprint density at radius 3 is 2.60 bits per heavy atom. The molecule has 1 aliphatic carbocycles. The van der Waals surface area contributed by atoms with Crippen molar-refractivity contribution >= 4 is 5.78 Å². The van der Waals surface area contributed by atoms with E-state index in [1.54, 1.807) is 13.8 Å². The van der Waals surface area contributed by atoms with Crippen LogP contribution in [0.1, 0.15) is 34.1 Å². The van der Waals surface area contributed by atoms with Crippen LogP contribution in [0.15, 0.2) is 0 Å². The van der Waals surface area contributed by atoms with Gasteiger partial charge in [0.15, 0.2) is 5.79 Å². The average molecular weight is 214 g/mol. The molecule has 0 radical (unpaired) electrons. The van der Waals surface area contributed by atoms with E-state index in [9.17, 15) is 9.90 Å². The van der Waals surface area contributed by atoms with Crippen LogP contribution in [0.4, 0.5) is 0 Å². The van der Waals surface area contributed by atoms with Crippen LogP contribution in [0.5, 0.6) is 0 Å². The smallest absolute Gasteiger partial charge is 0.164 e. The summed E-state index contributed by atoms with van der Waals surface area (Å²) in [7, 11) is 0. The largest absolute Gasteiger partial charge is 0.390 e. The van der Waals surface area contributed by atoms with Gasteiger partial charge in [0.2, 0.25) is 0 Å². The van der Waals surface area contributed by atoms with E-state index in [0.29, 0.717) is 0 Å². The Labute approximate surface area is 89.6 Å². The molecule has 0 aromatic heterocycles. The van der Waals surface area contributed by atoms with Gasteiger partial charge in [0.25, 0.3) is 0 Å². The van der Waals surface area contributed by atoms with Gasteiger partial charge in [0.1, 0.15) is 17.5 Å². The van der Waals surface area contributed by atoms with E-state index in [2.05, 4.69) is 0 Å². The van der Waals surface area contributed by atoms with Crippen molar-refractivity contribution in [3.63, 3.8) is 0 Å². The van der Waals surface area contributed by atoms with Crippen molar-refractivity contribution in [3.05, 3.63) is 0 Å². The molecule has 0 spiro atoms. The van der Waals surface area contributed by atoms with E-state index in [1.807, 2.05) is 13.8 Å². The van der Waals surface area contributed by atoms with Gasteiger partial charge in [-0.25, -0.2) is 0 Å². The van der Waals surface area contributed by atoms with Gasteiger partial charge in [-0.1, -0.05) is 6.92 Å². The second kappa shape index (κ2) is 3.03. The van der Waals surface area contributed by atoms with Gasteiger partial charge in [0, 0.05) is 12.3 Å². The van der Waals surface area contributed by atoms with Crippen molar-refractivity contribution < 1.29 is 19.4 Å². The summed E-state index contributed by atoms with van der Waals surface area (Å²) in [6, 6.07) is 0. The zero-order chi connectivity index (χ0) is 11.4. The zero-order valence-corrected chi connectivity index (χ0v) is 9.61. The highest BCUT2D eigenvalue weighted by atomic mass is 16.8. The minimum atomic E-state index is -0.770. The van der Waals surface area contributed by atoms with E-state index >= 15 is 0 Å². The van der Waals surface area contributed by atoms with Crippen LogP contribution in [0, 0.1) is 5.92 Å². The van der Waals surface area contributed by atoms with Crippen LogP contribution in [0.2, 0.25) is 0 Å². The van der Waals surface area contributed by atoms with E-state index in [0.717, 1.165) is 0 Å². The summed E-state index contributed by atoms with van der Waals surface area (Å²) >= 11 is 0. The van der Waals surface area contributed by atoms with Gasteiger partial charge < -0.3 is 14.6 Å². The van der Waals surface area contributed by atoms with Crippen molar-refractivity contribution in [3.8, 4) is 0 Å². The van der Waals surface area contributed by atoms with Crippen LogP contribution in [0.25, 0.3) is 0 Å². The van der Waals surface area contributed by atoms with Crippen LogP contribution < -0.4 is 0 Å². The minimum absolute atomic E-state index is 0.0475. The van der Waals surface area contributed by atoms with Gasteiger partial charge in [-0.15, -0.1) is 0 Å². The van der Waals surface area contributed by atoms with Gasteiger partial charge in [-0.05, 0) is 20.8 Å². The number of rotatable bonds is 0. The Balaban J connectivity index is 2.35. The zero-order valence-electron chi connectivity index (χ0n) is 9.61. The third-order valence-corrected chi connectivity index (χ3v) is 3.46. The SMILES string of the molecule is C[C@@H]1C(=O)C[C@@H](O)[C@@]2(C)OC(C)(C)O[C@@H]12. The first-order valence-corrected chi connectivity index (χ1v) is 5.35. The van der Waals surface area contributed by atoms with Gasteiger partial charge in [-0.3, -0.25) is 4.79 Å². The molecule has 0 aromatic carbocycles. The van der Waals surface area contributed by atoms with Crippen molar-refractivity contribution in [2.75, 3.05) is 0 Å². The number of carbonyl (C=O) groups excluding carboxylic acids is 1. The van der Waals surface area contributed by atoms with Crippen LogP contribution in [-0.4, -0.2) is 34.5 Å². The maximum absolute atomic E-state index is 11.6. The van der Waals surface area contributed by atoms with Crippen molar-refractivity contribution in [2.45, 2.75) is 57.7 Å². The average Bonchev–Trinajstić information content (AvgIpc) is 2.34. The molecular weight excluding hydrogens is 196 g/mol. The van der Waals surface area contributed by atoms with Gasteiger partial charge in [-0.2, -0.15) is 0 Å².